The largest absolute Gasteiger partial charge is 0.380 e. The maximum atomic E-state index is 6.15. The average Bonchev–Trinajstić information content (AvgIpc) is 2.43. The van der Waals surface area contributed by atoms with E-state index in [4.69, 9.17) is 16.3 Å². The van der Waals surface area contributed by atoms with Gasteiger partial charge in [0.1, 0.15) is 5.15 Å². The molecular weight excluding hydrogens is 375 g/mol. The van der Waals surface area contributed by atoms with Crippen LogP contribution in [0.25, 0.3) is 11.4 Å². The zero-order chi connectivity index (χ0) is 13.8. The topological polar surface area (TPSA) is 35.0 Å². The number of ether oxygens (including phenoxy) is 1. The van der Waals surface area contributed by atoms with Gasteiger partial charge in [-0.1, -0.05) is 42.8 Å². The molecule has 0 fully saturated rings. The first-order valence-corrected chi connectivity index (χ1v) is 7.41. The second kappa shape index (κ2) is 6.63. The molecule has 0 aliphatic rings. The molecule has 0 aliphatic carbocycles. The van der Waals surface area contributed by atoms with E-state index in [1.807, 2.05) is 24.3 Å². The Bertz CT molecular complexity index is 572. The number of methoxy groups -OCH3 is 1. The smallest absolute Gasteiger partial charge is 0.161 e. The third-order valence-electron chi connectivity index (χ3n) is 2.74. The van der Waals surface area contributed by atoms with Crippen molar-refractivity contribution in [1.82, 2.24) is 9.97 Å². The molecule has 0 aliphatic heterocycles. The molecule has 100 valence electrons. The fraction of sp³-hybridized carbons (Fsp3) is 0.286. The second-order valence-corrected chi connectivity index (χ2v) is 5.52. The number of aryl methyl sites for hydroxylation is 1. The van der Waals surface area contributed by atoms with Crippen molar-refractivity contribution in [3.63, 3.8) is 0 Å². The van der Waals surface area contributed by atoms with Crippen molar-refractivity contribution < 1.29 is 4.74 Å². The van der Waals surface area contributed by atoms with E-state index in [-0.39, 0.29) is 0 Å². The molecule has 0 N–H and O–H groups in total. The van der Waals surface area contributed by atoms with Crippen LogP contribution < -0.4 is 0 Å². The van der Waals surface area contributed by atoms with Crippen LogP contribution in [0.15, 0.2) is 24.3 Å². The Hall–Kier alpha value is -0.720. The molecule has 1 heterocycles. The van der Waals surface area contributed by atoms with E-state index in [2.05, 4.69) is 39.5 Å². The quantitative estimate of drug-likeness (QED) is 0.584. The van der Waals surface area contributed by atoms with E-state index >= 15 is 0 Å². The van der Waals surface area contributed by atoms with Gasteiger partial charge < -0.3 is 4.74 Å². The monoisotopic (exact) mass is 388 g/mol. The summed E-state index contributed by atoms with van der Waals surface area (Å²) in [6, 6.07) is 8.01. The fourth-order valence-electron chi connectivity index (χ4n) is 1.74. The molecular formula is C14H14ClIN2O. The molecule has 0 unspecified atom stereocenters. The highest BCUT2D eigenvalue weighted by Crippen LogP contribution is 2.24. The standard InChI is InChI=1S/C14H14ClIN2O/c1-3-11-12(16)13(15)18-14(17-11)10-6-4-9(5-7-10)8-19-2/h4-7H,3,8H2,1-2H3. The lowest BCUT2D eigenvalue weighted by Gasteiger charge is -2.07. The number of benzene rings is 1. The van der Waals surface area contributed by atoms with E-state index in [9.17, 15) is 0 Å². The van der Waals surface area contributed by atoms with Gasteiger partial charge in [0.25, 0.3) is 0 Å². The first-order valence-electron chi connectivity index (χ1n) is 5.95. The van der Waals surface area contributed by atoms with E-state index < -0.39 is 0 Å². The summed E-state index contributed by atoms with van der Waals surface area (Å²) < 4.78 is 6.02. The van der Waals surface area contributed by atoms with Gasteiger partial charge in [0.05, 0.1) is 15.9 Å². The predicted molar refractivity (Wildman–Crippen MR) is 85.3 cm³/mol. The van der Waals surface area contributed by atoms with Crippen molar-refractivity contribution in [3.8, 4) is 11.4 Å². The summed E-state index contributed by atoms with van der Waals surface area (Å²) in [7, 11) is 1.68. The first-order chi connectivity index (χ1) is 9.15. The molecule has 5 heteroatoms. The lowest BCUT2D eigenvalue weighted by molar-refractivity contribution is 0.185. The third kappa shape index (κ3) is 3.43. The Morgan fingerprint density at radius 2 is 1.89 bits per heavy atom. The highest BCUT2D eigenvalue weighted by Gasteiger charge is 2.10. The van der Waals surface area contributed by atoms with Gasteiger partial charge in [-0.05, 0) is 34.6 Å². The van der Waals surface area contributed by atoms with E-state index in [0.717, 1.165) is 26.8 Å². The van der Waals surface area contributed by atoms with Gasteiger partial charge in [-0.15, -0.1) is 0 Å². The molecule has 1 aromatic carbocycles. The van der Waals surface area contributed by atoms with Gasteiger partial charge in [0, 0.05) is 12.7 Å². The Morgan fingerprint density at radius 3 is 2.47 bits per heavy atom. The van der Waals surface area contributed by atoms with Gasteiger partial charge in [-0.3, -0.25) is 0 Å². The number of rotatable bonds is 4. The normalized spacial score (nSPS) is 10.7. The molecule has 3 nitrogen and oxygen atoms in total. The molecule has 2 rings (SSSR count). The van der Waals surface area contributed by atoms with Gasteiger partial charge in [0.2, 0.25) is 0 Å². The van der Waals surface area contributed by atoms with Gasteiger partial charge in [-0.2, -0.15) is 0 Å². The molecule has 0 amide bonds. The number of hydrogen-bond acceptors (Lipinski definition) is 3. The van der Waals surface area contributed by atoms with Gasteiger partial charge >= 0.3 is 0 Å². The average molecular weight is 389 g/mol. The Labute approximate surface area is 131 Å². The lowest BCUT2D eigenvalue weighted by atomic mass is 10.1. The summed E-state index contributed by atoms with van der Waals surface area (Å²) in [5.41, 5.74) is 3.07. The van der Waals surface area contributed by atoms with Crippen LogP contribution in [-0.4, -0.2) is 17.1 Å². The van der Waals surface area contributed by atoms with Crippen LogP contribution in [0.1, 0.15) is 18.2 Å². The zero-order valence-electron chi connectivity index (χ0n) is 10.8. The minimum absolute atomic E-state index is 0.517. The van der Waals surface area contributed by atoms with Crippen molar-refractivity contribution in [2.24, 2.45) is 0 Å². The summed E-state index contributed by atoms with van der Waals surface area (Å²) in [5.74, 6) is 0.672. The van der Waals surface area contributed by atoms with E-state index in [1.165, 1.54) is 0 Å². The molecule has 0 radical (unpaired) electrons. The Morgan fingerprint density at radius 1 is 1.21 bits per heavy atom. The van der Waals surface area contributed by atoms with Crippen molar-refractivity contribution in [1.29, 1.82) is 0 Å². The van der Waals surface area contributed by atoms with Crippen LogP contribution in [0.5, 0.6) is 0 Å². The number of hydrogen-bond donors (Lipinski definition) is 0. The number of nitrogens with zero attached hydrogens (tertiary/aromatic N) is 2. The number of aromatic nitrogens is 2. The second-order valence-electron chi connectivity index (χ2n) is 4.08. The van der Waals surface area contributed by atoms with Crippen LogP contribution in [0.3, 0.4) is 0 Å². The van der Waals surface area contributed by atoms with Crippen LogP contribution in [0.4, 0.5) is 0 Å². The fourth-order valence-corrected chi connectivity index (χ4v) is 2.55. The molecule has 0 bridgehead atoms. The highest BCUT2D eigenvalue weighted by atomic mass is 127. The summed E-state index contributed by atoms with van der Waals surface area (Å²) in [6.45, 7) is 2.67. The van der Waals surface area contributed by atoms with E-state index in [1.54, 1.807) is 7.11 Å². The van der Waals surface area contributed by atoms with Gasteiger partial charge in [0.15, 0.2) is 5.82 Å². The minimum Gasteiger partial charge on any atom is -0.380 e. The maximum Gasteiger partial charge on any atom is 0.161 e. The molecule has 0 atom stereocenters. The van der Waals surface area contributed by atoms with Crippen molar-refractivity contribution in [2.75, 3.05) is 7.11 Å². The van der Waals surface area contributed by atoms with Crippen LogP contribution in [0.2, 0.25) is 5.15 Å². The van der Waals surface area contributed by atoms with Gasteiger partial charge in [-0.25, -0.2) is 9.97 Å². The zero-order valence-corrected chi connectivity index (χ0v) is 13.7. The van der Waals surface area contributed by atoms with Crippen LogP contribution in [-0.2, 0) is 17.8 Å². The molecule has 0 spiro atoms. The molecule has 0 saturated heterocycles. The third-order valence-corrected chi connectivity index (χ3v) is 4.46. The molecule has 1 aromatic heterocycles. The predicted octanol–water partition coefficient (Wildman–Crippen LogP) is 4.11. The molecule has 2 aromatic rings. The van der Waals surface area contributed by atoms with Crippen LogP contribution in [0, 0.1) is 3.57 Å². The van der Waals surface area contributed by atoms with Crippen LogP contribution >= 0.6 is 34.2 Å². The van der Waals surface area contributed by atoms with Crippen molar-refractivity contribution in [2.45, 2.75) is 20.0 Å². The summed E-state index contributed by atoms with van der Waals surface area (Å²) >= 11 is 8.33. The lowest BCUT2D eigenvalue weighted by Crippen LogP contribution is -1.99. The molecule has 0 saturated carbocycles. The van der Waals surface area contributed by atoms with E-state index in [0.29, 0.717) is 17.6 Å². The highest BCUT2D eigenvalue weighted by molar-refractivity contribution is 14.1. The minimum atomic E-state index is 0.517. The Kier molecular flexibility index (Phi) is 5.13. The summed E-state index contributed by atoms with van der Waals surface area (Å²) in [4.78, 5) is 8.91. The summed E-state index contributed by atoms with van der Waals surface area (Å²) in [5, 5.41) is 0.517. The summed E-state index contributed by atoms with van der Waals surface area (Å²) in [6.07, 6.45) is 0.843. The van der Waals surface area contributed by atoms with Crippen molar-refractivity contribution >= 4 is 34.2 Å². The first kappa shape index (κ1) is 14.7. The van der Waals surface area contributed by atoms with Crippen molar-refractivity contribution in [3.05, 3.63) is 44.2 Å². The maximum absolute atomic E-state index is 6.15. The SMILES string of the molecule is CCc1nc(-c2ccc(COC)cc2)nc(Cl)c1I. The molecule has 19 heavy (non-hydrogen) atoms. The number of halogens is 2. The Balaban J connectivity index is 2.38.